The molecule has 1 aromatic rings. The third-order valence-corrected chi connectivity index (χ3v) is 4.09. The van der Waals surface area contributed by atoms with Gasteiger partial charge in [0.05, 0.1) is 5.92 Å². The lowest BCUT2D eigenvalue weighted by molar-refractivity contribution is -0.125. The highest BCUT2D eigenvalue weighted by Gasteiger charge is 2.34. The molecule has 0 radical (unpaired) electrons. The number of anilines is 1. The number of carbonyl (C=O) groups excluding carboxylic acids is 2. The first-order valence-corrected chi connectivity index (χ1v) is 6.60. The molecule has 0 aromatic heterocycles. The van der Waals surface area contributed by atoms with E-state index in [4.69, 9.17) is 0 Å². The van der Waals surface area contributed by atoms with Crippen molar-refractivity contribution in [3.63, 3.8) is 0 Å². The van der Waals surface area contributed by atoms with Gasteiger partial charge >= 0.3 is 0 Å². The van der Waals surface area contributed by atoms with E-state index in [0.717, 1.165) is 15.7 Å². The fraction of sp³-hybridized carbons (Fsp3) is 0.385. The molecule has 1 N–H and O–H groups in total. The first-order chi connectivity index (χ1) is 8.52. The zero-order chi connectivity index (χ0) is 13.3. The minimum absolute atomic E-state index is 0.00493. The lowest BCUT2D eigenvalue weighted by Crippen LogP contribution is -2.30. The van der Waals surface area contributed by atoms with Gasteiger partial charge in [0.15, 0.2) is 0 Å². The Balaban J connectivity index is 2.21. The summed E-state index contributed by atoms with van der Waals surface area (Å²) in [6.07, 6.45) is 0.286. The van der Waals surface area contributed by atoms with Gasteiger partial charge in [0.2, 0.25) is 11.8 Å². The zero-order valence-electron chi connectivity index (χ0n) is 10.4. The summed E-state index contributed by atoms with van der Waals surface area (Å²) in [4.78, 5) is 25.2. The molecule has 1 atom stereocenters. The Kier molecular flexibility index (Phi) is 3.71. The van der Waals surface area contributed by atoms with Gasteiger partial charge in [0, 0.05) is 30.2 Å². The number of nitrogens with zero attached hydrogens (tertiary/aromatic N) is 1. The van der Waals surface area contributed by atoms with Crippen molar-refractivity contribution < 1.29 is 9.59 Å². The van der Waals surface area contributed by atoms with Gasteiger partial charge in [-0.1, -0.05) is 15.9 Å². The highest BCUT2D eigenvalue weighted by atomic mass is 79.9. The Hall–Kier alpha value is -1.36. The summed E-state index contributed by atoms with van der Waals surface area (Å²) in [6, 6.07) is 5.76. The number of hydrogen-bond acceptors (Lipinski definition) is 2. The number of amides is 2. The van der Waals surface area contributed by atoms with Crippen LogP contribution < -0.4 is 10.2 Å². The highest BCUT2D eigenvalue weighted by Crippen LogP contribution is 2.28. The molecule has 0 bridgehead atoms. The van der Waals surface area contributed by atoms with Crippen LogP contribution in [0.5, 0.6) is 0 Å². The van der Waals surface area contributed by atoms with E-state index >= 15 is 0 Å². The van der Waals surface area contributed by atoms with Gasteiger partial charge in [0.1, 0.15) is 0 Å². The van der Waals surface area contributed by atoms with E-state index < -0.39 is 0 Å². The van der Waals surface area contributed by atoms with Crippen molar-refractivity contribution in [3.8, 4) is 0 Å². The summed E-state index contributed by atoms with van der Waals surface area (Å²) in [7, 11) is 1.60. The molecule has 1 aliphatic rings. The minimum Gasteiger partial charge on any atom is -0.359 e. The molecule has 0 aliphatic carbocycles. The Morgan fingerprint density at radius 2 is 2.22 bits per heavy atom. The third kappa shape index (κ3) is 2.41. The molecule has 1 aromatic carbocycles. The molecule has 1 unspecified atom stereocenters. The first kappa shape index (κ1) is 13.1. The second-order valence-corrected chi connectivity index (χ2v) is 5.31. The maximum absolute atomic E-state index is 11.9. The van der Waals surface area contributed by atoms with Gasteiger partial charge < -0.3 is 10.2 Å². The maximum atomic E-state index is 11.9. The molecule has 4 nitrogen and oxygen atoms in total. The maximum Gasteiger partial charge on any atom is 0.227 e. The zero-order valence-corrected chi connectivity index (χ0v) is 12.0. The fourth-order valence-corrected chi connectivity index (χ4v) is 2.38. The normalized spacial score (nSPS) is 19.2. The molecular formula is C13H15BrN2O2. The van der Waals surface area contributed by atoms with Crippen LogP contribution in [0.25, 0.3) is 0 Å². The largest absolute Gasteiger partial charge is 0.359 e. The van der Waals surface area contributed by atoms with Crippen molar-refractivity contribution in [1.82, 2.24) is 5.32 Å². The van der Waals surface area contributed by atoms with Gasteiger partial charge in [0.25, 0.3) is 0 Å². The van der Waals surface area contributed by atoms with Crippen LogP contribution in [0.1, 0.15) is 12.0 Å². The smallest absolute Gasteiger partial charge is 0.227 e. The molecule has 5 heteroatoms. The summed E-state index contributed by atoms with van der Waals surface area (Å²) in [5.74, 6) is -0.309. The van der Waals surface area contributed by atoms with Crippen molar-refractivity contribution in [2.45, 2.75) is 13.3 Å². The fourth-order valence-electron chi connectivity index (χ4n) is 2.13. The minimum atomic E-state index is -0.244. The molecule has 1 saturated heterocycles. The Morgan fingerprint density at radius 3 is 2.83 bits per heavy atom. The summed E-state index contributed by atoms with van der Waals surface area (Å²) >= 11 is 3.43. The summed E-state index contributed by atoms with van der Waals surface area (Å²) in [5.41, 5.74) is 1.93. The number of benzene rings is 1. The topological polar surface area (TPSA) is 49.4 Å². The number of carbonyl (C=O) groups is 2. The van der Waals surface area contributed by atoms with E-state index in [0.29, 0.717) is 6.54 Å². The Bertz CT molecular complexity index is 502. The monoisotopic (exact) mass is 310 g/mol. The van der Waals surface area contributed by atoms with Gasteiger partial charge in [-0.15, -0.1) is 0 Å². The van der Waals surface area contributed by atoms with Crippen LogP contribution in [0.2, 0.25) is 0 Å². The molecular weight excluding hydrogens is 296 g/mol. The van der Waals surface area contributed by atoms with E-state index in [1.165, 1.54) is 0 Å². The van der Waals surface area contributed by atoms with Crippen molar-refractivity contribution >= 4 is 33.4 Å². The average Bonchev–Trinajstić information content (AvgIpc) is 2.74. The number of aryl methyl sites for hydroxylation is 1. The van der Waals surface area contributed by atoms with Crippen LogP contribution in [0, 0.1) is 12.8 Å². The SMILES string of the molecule is CNC(=O)C1CC(=O)N(c2ccc(Br)c(C)c2)C1. The van der Waals surface area contributed by atoms with Crippen LogP contribution >= 0.6 is 15.9 Å². The van der Waals surface area contributed by atoms with Crippen molar-refractivity contribution in [2.24, 2.45) is 5.92 Å². The summed E-state index contributed by atoms with van der Waals surface area (Å²) in [6.45, 7) is 2.43. The predicted octanol–water partition coefficient (Wildman–Crippen LogP) is 1.86. The van der Waals surface area contributed by atoms with Gasteiger partial charge in [-0.3, -0.25) is 9.59 Å². The average molecular weight is 311 g/mol. The van der Waals surface area contributed by atoms with E-state index in [-0.39, 0.29) is 24.2 Å². The van der Waals surface area contributed by atoms with Crippen LogP contribution in [0.4, 0.5) is 5.69 Å². The van der Waals surface area contributed by atoms with Gasteiger partial charge in [-0.05, 0) is 30.7 Å². The van der Waals surface area contributed by atoms with E-state index in [1.54, 1.807) is 11.9 Å². The van der Waals surface area contributed by atoms with Crippen molar-refractivity contribution in [2.75, 3.05) is 18.5 Å². The van der Waals surface area contributed by atoms with Crippen LogP contribution in [0.15, 0.2) is 22.7 Å². The lowest BCUT2D eigenvalue weighted by Gasteiger charge is -2.17. The lowest BCUT2D eigenvalue weighted by atomic mass is 10.1. The quantitative estimate of drug-likeness (QED) is 0.906. The van der Waals surface area contributed by atoms with E-state index in [1.807, 2.05) is 25.1 Å². The van der Waals surface area contributed by atoms with Crippen LogP contribution in [-0.2, 0) is 9.59 Å². The second-order valence-electron chi connectivity index (χ2n) is 4.45. The molecule has 1 aliphatic heterocycles. The summed E-state index contributed by atoms with van der Waals surface area (Å²) in [5, 5.41) is 2.59. The molecule has 2 rings (SSSR count). The van der Waals surface area contributed by atoms with E-state index in [9.17, 15) is 9.59 Å². The molecule has 1 fully saturated rings. The van der Waals surface area contributed by atoms with Crippen LogP contribution in [0.3, 0.4) is 0 Å². The van der Waals surface area contributed by atoms with E-state index in [2.05, 4.69) is 21.2 Å². The Morgan fingerprint density at radius 1 is 1.50 bits per heavy atom. The molecule has 1 heterocycles. The van der Waals surface area contributed by atoms with Crippen molar-refractivity contribution in [1.29, 1.82) is 0 Å². The van der Waals surface area contributed by atoms with Crippen molar-refractivity contribution in [3.05, 3.63) is 28.2 Å². The predicted molar refractivity (Wildman–Crippen MR) is 73.4 cm³/mol. The van der Waals surface area contributed by atoms with Crippen LogP contribution in [-0.4, -0.2) is 25.4 Å². The molecule has 0 saturated carbocycles. The molecule has 2 amide bonds. The number of rotatable bonds is 2. The first-order valence-electron chi connectivity index (χ1n) is 5.81. The molecule has 0 spiro atoms. The molecule has 96 valence electrons. The van der Waals surface area contributed by atoms with Gasteiger partial charge in [-0.2, -0.15) is 0 Å². The third-order valence-electron chi connectivity index (χ3n) is 3.20. The standard InChI is InChI=1S/C13H15BrN2O2/c1-8-5-10(3-4-11(8)14)16-7-9(6-12(16)17)13(18)15-2/h3-5,9H,6-7H2,1-2H3,(H,15,18). The number of hydrogen-bond donors (Lipinski definition) is 1. The molecule has 18 heavy (non-hydrogen) atoms. The van der Waals surface area contributed by atoms with Gasteiger partial charge in [-0.25, -0.2) is 0 Å². The summed E-state index contributed by atoms with van der Waals surface area (Å²) < 4.78 is 1.01. The second kappa shape index (κ2) is 5.10. The number of nitrogens with one attached hydrogen (secondary N) is 1. The Labute approximate surface area is 114 Å². The highest BCUT2D eigenvalue weighted by molar-refractivity contribution is 9.10. The number of halogens is 1.